The van der Waals surface area contributed by atoms with Crippen molar-refractivity contribution in [1.29, 1.82) is 0 Å². The zero-order valence-electron chi connectivity index (χ0n) is 11.1. The number of rotatable bonds is 8. The minimum absolute atomic E-state index is 0.242. The molecule has 2 unspecified atom stereocenters. The molecule has 0 aliphatic heterocycles. The van der Waals surface area contributed by atoms with Crippen molar-refractivity contribution in [1.82, 2.24) is 0 Å². The Bertz CT molecular complexity index is 367. The van der Waals surface area contributed by atoms with Crippen LogP contribution in [0.4, 0.5) is 0 Å². The summed E-state index contributed by atoms with van der Waals surface area (Å²) in [7, 11) is 1.68. The molecule has 0 spiro atoms. The molecule has 1 aliphatic carbocycles. The fourth-order valence-electron chi connectivity index (χ4n) is 2.54. The van der Waals surface area contributed by atoms with E-state index in [9.17, 15) is 0 Å². The summed E-state index contributed by atoms with van der Waals surface area (Å²) in [5.41, 5.74) is 9.13. The first-order valence-electron chi connectivity index (χ1n) is 6.71. The van der Waals surface area contributed by atoms with Gasteiger partial charge in [-0.2, -0.15) is 0 Å². The molecule has 1 aliphatic rings. The van der Waals surface area contributed by atoms with Gasteiger partial charge in [-0.1, -0.05) is 24.3 Å². The molecule has 3 nitrogen and oxygen atoms in total. The summed E-state index contributed by atoms with van der Waals surface area (Å²) in [4.78, 5) is 0. The van der Waals surface area contributed by atoms with Gasteiger partial charge >= 0.3 is 0 Å². The monoisotopic (exact) mass is 249 g/mol. The molecule has 2 atom stereocenters. The average molecular weight is 249 g/mol. The van der Waals surface area contributed by atoms with E-state index in [0.29, 0.717) is 19.1 Å². The zero-order valence-corrected chi connectivity index (χ0v) is 11.1. The first-order chi connectivity index (χ1) is 8.81. The van der Waals surface area contributed by atoms with Crippen LogP contribution in [-0.4, -0.2) is 33.0 Å². The molecule has 100 valence electrons. The van der Waals surface area contributed by atoms with Crippen molar-refractivity contribution in [2.24, 2.45) is 5.73 Å². The highest BCUT2D eigenvalue weighted by Crippen LogP contribution is 2.37. The number of hydrogen-bond acceptors (Lipinski definition) is 3. The van der Waals surface area contributed by atoms with Crippen molar-refractivity contribution >= 4 is 0 Å². The van der Waals surface area contributed by atoms with Crippen LogP contribution in [0, 0.1) is 0 Å². The normalized spacial score (nSPS) is 19.1. The Morgan fingerprint density at radius 2 is 2.11 bits per heavy atom. The number of benzene rings is 1. The fourth-order valence-corrected chi connectivity index (χ4v) is 2.54. The molecule has 0 fully saturated rings. The average Bonchev–Trinajstić information content (AvgIpc) is 2.36. The van der Waals surface area contributed by atoms with Crippen molar-refractivity contribution in [2.75, 3.05) is 26.9 Å². The molecule has 0 saturated carbocycles. The Labute approximate surface area is 109 Å². The van der Waals surface area contributed by atoms with Gasteiger partial charge in [0.25, 0.3) is 0 Å². The lowest BCUT2D eigenvalue weighted by Gasteiger charge is -2.32. The Hall–Kier alpha value is -0.900. The van der Waals surface area contributed by atoms with Crippen molar-refractivity contribution in [3.8, 4) is 0 Å². The second-order valence-corrected chi connectivity index (χ2v) is 4.99. The second-order valence-electron chi connectivity index (χ2n) is 4.99. The standard InChI is InChI=1S/C15H23NO2/c1-17-8-9-18-7-6-14(16)11-13-10-12-4-2-3-5-15(12)13/h2-5,13-14H,6-11,16H2,1H3. The predicted molar refractivity (Wildman–Crippen MR) is 72.8 cm³/mol. The number of nitrogens with two attached hydrogens (primary N) is 1. The highest BCUT2D eigenvalue weighted by molar-refractivity contribution is 5.39. The maximum atomic E-state index is 6.14. The number of methoxy groups -OCH3 is 1. The quantitative estimate of drug-likeness (QED) is 0.718. The van der Waals surface area contributed by atoms with Gasteiger partial charge in [0, 0.05) is 19.8 Å². The van der Waals surface area contributed by atoms with Crippen molar-refractivity contribution in [3.63, 3.8) is 0 Å². The second kappa shape index (κ2) is 6.88. The van der Waals surface area contributed by atoms with Crippen LogP contribution in [-0.2, 0) is 15.9 Å². The van der Waals surface area contributed by atoms with Gasteiger partial charge in [-0.15, -0.1) is 0 Å². The number of hydrogen-bond donors (Lipinski definition) is 1. The van der Waals surface area contributed by atoms with Crippen molar-refractivity contribution in [3.05, 3.63) is 35.4 Å². The third kappa shape index (κ3) is 3.55. The Kier molecular flexibility index (Phi) is 5.17. The van der Waals surface area contributed by atoms with Crippen molar-refractivity contribution in [2.45, 2.75) is 31.2 Å². The summed E-state index contributed by atoms with van der Waals surface area (Å²) in [5.74, 6) is 0.662. The Morgan fingerprint density at radius 1 is 1.28 bits per heavy atom. The maximum Gasteiger partial charge on any atom is 0.0700 e. The van der Waals surface area contributed by atoms with E-state index in [-0.39, 0.29) is 6.04 Å². The Morgan fingerprint density at radius 3 is 2.89 bits per heavy atom. The first kappa shape index (κ1) is 13.5. The van der Waals surface area contributed by atoms with Crippen LogP contribution in [0.2, 0.25) is 0 Å². The summed E-state index contributed by atoms with van der Waals surface area (Å²) in [6.45, 7) is 2.06. The van der Waals surface area contributed by atoms with Gasteiger partial charge in [-0.3, -0.25) is 0 Å². The van der Waals surface area contributed by atoms with Crippen LogP contribution < -0.4 is 5.73 Å². The highest BCUT2D eigenvalue weighted by atomic mass is 16.5. The fraction of sp³-hybridized carbons (Fsp3) is 0.600. The molecule has 1 aromatic rings. The molecule has 2 N–H and O–H groups in total. The smallest absolute Gasteiger partial charge is 0.0700 e. The SMILES string of the molecule is COCCOCCC(N)CC1Cc2ccccc21. The lowest BCUT2D eigenvalue weighted by atomic mass is 9.74. The predicted octanol–water partition coefficient (Wildman–Crippen LogP) is 2.10. The molecule has 0 radical (unpaired) electrons. The highest BCUT2D eigenvalue weighted by Gasteiger charge is 2.26. The van der Waals surface area contributed by atoms with Crippen LogP contribution >= 0.6 is 0 Å². The topological polar surface area (TPSA) is 44.5 Å². The van der Waals surface area contributed by atoms with Crippen LogP contribution in [0.15, 0.2) is 24.3 Å². The van der Waals surface area contributed by atoms with E-state index in [1.165, 1.54) is 17.5 Å². The van der Waals surface area contributed by atoms with Gasteiger partial charge < -0.3 is 15.2 Å². The van der Waals surface area contributed by atoms with Gasteiger partial charge in [0.1, 0.15) is 0 Å². The van der Waals surface area contributed by atoms with Crippen LogP contribution in [0.5, 0.6) is 0 Å². The molecule has 0 amide bonds. The lowest BCUT2D eigenvalue weighted by Crippen LogP contribution is -2.29. The van der Waals surface area contributed by atoms with Crippen LogP contribution in [0.3, 0.4) is 0 Å². The zero-order chi connectivity index (χ0) is 12.8. The molecule has 18 heavy (non-hydrogen) atoms. The largest absolute Gasteiger partial charge is 0.382 e. The van der Waals surface area contributed by atoms with Crippen LogP contribution in [0.1, 0.15) is 29.9 Å². The van der Waals surface area contributed by atoms with E-state index >= 15 is 0 Å². The summed E-state index contributed by atoms with van der Waals surface area (Å²) in [6, 6.07) is 8.91. The number of ether oxygens (including phenoxy) is 2. The van der Waals surface area contributed by atoms with E-state index in [0.717, 1.165) is 19.4 Å². The van der Waals surface area contributed by atoms with Crippen molar-refractivity contribution < 1.29 is 9.47 Å². The van der Waals surface area contributed by atoms with E-state index in [1.807, 2.05) is 0 Å². The molecule has 3 heteroatoms. The summed E-state index contributed by atoms with van der Waals surface area (Å²) < 4.78 is 10.4. The Balaban J connectivity index is 1.63. The van der Waals surface area contributed by atoms with E-state index < -0.39 is 0 Å². The number of fused-ring (bicyclic) bond motifs is 1. The minimum atomic E-state index is 0.242. The molecule has 0 saturated heterocycles. The van der Waals surface area contributed by atoms with Gasteiger partial charge in [0.2, 0.25) is 0 Å². The van der Waals surface area contributed by atoms with E-state index in [1.54, 1.807) is 7.11 Å². The van der Waals surface area contributed by atoms with Gasteiger partial charge in [-0.25, -0.2) is 0 Å². The molecule has 0 aromatic heterocycles. The minimum Gasteiger partial charge on any atom is -0.382 e. The molecule has 0 heterocycles. The lowest BCUT2D eigenvalue weighted by molar-refractivity contribution is 0.0666. The third-order valence-electron chi connectivity index (χ3n) is 3.61. The van der Waals surface area contributed by atoms with E-state index in [4.69, 9.17) is 15.2 Å². The van der Waals surface area contributed by atoms with Crippen LogP contribution in [0.25, 0.3) is 0 Å². The summed E-state index contributed by atoms with van der Waals surface area (Å²) >= 11 is 0. The molecular formula is C15H23NO2. The van der Waals surface area contributed by atoms with Gasteiger partial charge in [0.15, 0.2) is 0 Å². The first-order valence-corrected chi connectivity index (χ1v) is 6.71. The third-order valence-corrected chi connectivity index (χ3v) is 3.61. The summed E-state index contributed by atoms with van der Waals surface area (Å²) in [6.07, 6.45) is 3.20. The molecule has 1 aromatic carbocycles. The van der Waals surface area contributed by atoms with E-state index in [2.05, 4.69) is 24.3 Å². The molecular weight excluding hydrogens is 226 g/mol. The molecule has 0 bridgehead atoms. The summed E-state index contributed by atoms with van der Waals surface area (Å²) in [5, 5.41) is 0. The van der Waals surface area contributed by atoms with Gasteiger partial charge in [0.05, 0.1) is 13.2 Å². The molecule has 2 rings (SSSR count). The maximum absolute atomic E-state index is 6.14. The van der Waals surface area contributed by atoms with Gasteiger partial charge in [-0.05, 0) is 36.3 Å².